The minimum Gasteiger partial charge on any atom is -0.339 e. The van der Waals surface area contributed by atoms with Gasteiger partial charge in [0.2, 0.25) is 15.9 Å². The molecule has 8 heteroatoms. The number of nitrogens with two attached hydrogens (primary N) is 1. The Morgan fingerprint density at radius 2 is 2.10 bits per heavy atom. The van der Waals surface area contributed by atoms with Gasteiger partial charge in [-0.05, 0) is 18.1 Å². The highest BCUT2D eigenvalue weighted by molar-refractivity contribution is 7.88. The summed E-state index contributed by atoms with van der Waals surface area (Å²) < 4.78 is 31.4. The molecule has 0 atom stereocenters. The maximum atomic E-state index is 12.0. The topological polar surface area (TPSA) is 111 Å². The predicted octanol–water partition coefficient (Wildman–Crippen LogP) is 0.499. The summed E-state index contributed by atoms with van der Waals surface area (Å²) in [6.07, 6.45) is 0.364. The van der Waals surface area contributed by atoms with Crippen molar-refractivity contribution in [3.63, 3.8) is 0 Å². The number of aryl methyl sites for hydroxylation is 1. The third-order valence-corrected chi connectivity index (χ3v) is 4.17. The third-order valence-electron chi connectivity index (χ3n) is 2.81. The zero-order chi connectivity index (χ0) is 15.3. The standard InChI is InChI=1S/C13H18N4O3S/c1-10-16-13(20-17-10)5-6-15-21(18,19)9-12-4-2-3-11(7-12)8-14/h2-4,7,15H,5-6,8-9,14H2,1H3. The van der Waals surface area contributed by atoms with Gasteiger partial charge in [0.25, 0.3) is 0 Å². The molecule has 0 saturated heterocycles. The number of hydrogen-bond acceptors (Lipinski definition) is 6. The average Bonchev–Trinajstić information content (AvgIpc) is 2.84. The Kier molecular flexibility index (Phi) is 5.05. The summed E-state index contributed by atoms with van der Waals surface area (Å²) in [5.74, 6) is 0.871. The Bertz CT molecular complexity index is 697. The summed E-state index contributed by atoms with van der Waals surface area (Å²) in [5.41, 5.74) is 7.15. The molecule has 7 nitrogen and oxygen atoms in total. The van der Waals surface area contributed by atoms with Crippen LogP contribution in [-0.2, 0) is 28.7 Å². The average molecular weight is 310 g/mol. The predicted molar refractivity (Wildman–Crippen MR) is 77.7 cm³/mol. The van der Waals surface area contributed by atoms with Crippen molar-refractivity contribution in [2.45, 2.75) is 25.6 Å². The van der Waals surface area contributed by atoms with Crippen LogP contribution in [0.4, 0.5) is 0 Å². The molecule has 0 aliphatic carbocycles. The first-order valence-electron chi connectivity index (χ1n) is 6.53. The second kappa shape index (κ2) is 6.79. The molecule has 114 valence electrons. The van der Waals surface area contributed by atoms with Crippen LogP contribution < -0.4 is 10.5 Å². The van der Waals surface area contributed by atoms with E-state index in [9.17, 15) is 8.42 Å². The fourth-order valence-electron chi connectivity index (χ4n) is 1.87. The lowest BCUT2D eigenvalue weighted by atomic mass is 10.1. The molecular weight excluding hydrogens is 292 g/mol. The summed E-state index contributed by atoms with van der Waals surface area (Å²) >= 11 is 0. The molecule has 0 radical (unpaired) electrons. The van der Waals surface area contributed by atoms with Gasteiger partial charge in [-0.2, -0.15) is 4.98 Å². The molecular formula is C13H18N4O3S. The van der Waals surface area contributed by atoms with E-state index in [2.05, 4.69) is 14.9 Å². The molecule has 0 fully saturated rings. The molecule has 1 aromatic heterocycles. The van der Waals surface area contributed by atoms with Crippen LogP contribution in [0, 0.1) is 6.92 Å². The van der Waals surface area contributed by atoms with Crippen molar-refractivity contribution >= 4 is 10.0 Å². The highest BCUT2D eigenvalue weighted by atomic mass is 32.2. The van der Waals surface area contributed by atoms with Gasteiger partial charge in [0.1, 0.15) is 0 Å². The van der Waals surface area contributed by atoms with Gasteiger partial charge in [-0.3, -0.25) is 0 Å². The first-order chi connectivity index (χ1) is 9.98. The van der Waals surface area contributed by atoms with Crippen LogP contribution in [0.25, 0.3) is 0 Å². The Hall–Kier alpha value is -1.77. The highest BCUT2D eigenvalue weighted by Crippen LogP contribution is 2.08. The molecule has 1 aromatic carbocycles. The lowest BCUT2D eigenvalue weighted by Gasteiger charge is -2.06. The van der Waals surface area contributed by atoms with Crippen LogP contribution in [0.5, 0.6) is 0 Å². The molecule has 0 aliphatic heterocycles. The quantitative estimate of drug-likeness (QED) is 0.770. The Morgan fingerprint density at radius 3 is 2.76 bits per heavy atom. The molecule has 2 rings (SSSR count). The summed E-state index contributed by atoms with van der Waals surface area (Å²) in [7, 11) is -3.40. The molecule has 2 aromatic rings. The van der Waals surface area contributed by atoms with E-state index in [0.717, 1.165) is 5.56 Å². The normalized spacial score (nSPS) is 11.7. The lowest BCUT2D eigenvalue weighted by Crippen LogP contribution is -2.27. The van der Waals surface area contributed by atoms with E-state index in [1.807, 2.05) is 6.07 Å². The minimum absolute atomic E-state index is 0.0797. The van der Waals surface area contributed by atoms with Gasteiger partial charge in [0, 0.05) is 19.5 Å². The smallest absolute Gasteiger partial charge is 0.227 e. The van der Waals surface area contributed by atoms with E-state index in [0.29, 0.717) is 30.2 Å². The van der Waals surface area contributed by atoms with Crippen molar-refractivity contribution in [1.29, 1.82) is 0 Å². The van der Waals surface area contributed by atoms with Crippen LogP contribution in [-0.4, -0.2) is 25.1 Å². The van der Waals surface area contributed by atoms with Crippen LogP contribution >= 0.6 is 0 Å². The maximum Gasteiger partial charge on any atom is 0.227 e. The molecule has 0 spiro atoms. The molecule has 0 saturated carbocycles. The van der Waals surface area contributed by atoms with E-state index >= 15 is 0 Å². The number of hydrogen-bond donors (Lipinski definition) is 2. The van der Waals surface area contributed by atoms with Crippen molar-refractivity contribution in [3.8, 4) is 0 Å². The molecule has 0 bridgehead atoms. The van der Waals surface area contributed by atoms with Gasteiger partial charge in [0.05, 0.1) is 5.75 Å². The van der Waals surface area contributed by atoms with Crippen molar-refractivity contribution in [1.82, 2.24) is 14.9 Å². The molecule has 0 amide bonds. The van der Waals surface area contributed by atoms with E-state index in [1.54, 1.807) is 25.1 Å². The van der Waals surface area contributed by atoms with Crippen LogP contribution in [0.1, 0.15) is 22.8 Å². The van der Waals surface area contributed by atoms with Crippen LogP contribution in [0.2, 0.25) is 0 Å². The van der Waals surface area contributed by atoms with Gasteiger partial charge in [-0.1, -0.05) is 29.4 Å². The Labute approximate surface area is 123 Å². The Balaban J connectivity index is 1.89. The van der Waals surface area contributed by atoms with E-state index in [4.69, 9.17) is 10.3 Å². The van der Waals surface area contributed by atoms with Crippen LogP contribution in [0.15, 0.2) is 28.8 Å². The number of nitrogens with zero attached hydrogens (tertiary/aromatic N) is 2. The number of aromatic nitrogens is 2. The highest BCUT2D eigenvalue weighted by Gasteiger charge is 2.12. The first kappa shape index (κ1) is 15.6. The van der Waals surface area contributed by atoms with E-state index in [1.165, 1.54) is 0 Å². The van der Waals surface area contributed by atoms with Crippen molar-refractivity contribution < 1.29 is 12.9 Å². The molecule has 1 heterocycles. The molecule has 0 unspecified atom stereocenters. The van der Waals surface area contributed by atoms with Gasteiger partial charge >= 0.3 is 0 Å². The van der Waals surface area contributed by atoms with Gasteiger partial charge in [0.15, 0.2) is 5.82 Å². The number of rotatable bonds is 7. The fourth-order valence-corrected chi connectivity index (χ4v) is 3.01. The second-order valence-electron chi connectivity index (χ2n) is 4.66. The SMILES string of the molecule is Cc1noc(CCNS(=O)(=O)Cc2cccc(CN)c2)n1. The fraction of sp³-hybridized carbons (Fsp3) is 0.385. The van der Waals surface area contributed by atoms with E-state index in [-0.39, 0.29) is 12.3 Å². The molecule has 3 N–H and O–H groups in total. The van der Waals surface area contributed by atoms with Gasteiger partial charge in [-0.15, -0.1) is 0 Å². The monoisotopic (exact) mass is 310 g/mol. The minimum atomic E-state index is -3.40. The number of nitrogens with one attached hydrogen (secondary N) is 1. The van der Waals surface area contributed by atoms with Crippen LogP contribution in [0.3, 0.4) is 0 Å². The largest absolute Gasteiger partial charge is 0.339 e. The van der Waals surface area contributed by atoms with Crippen molar-refractivity contribution in [2.75, 3.05) is 6.54 Å². The molecule has 0 aliphatic rings. The van der Waals surface area contributed by atoms with Crippen molar-refractivity contribution in [2.24, 2.45) is 5.73 Å². The maximum absolute atomic E-state index is 12.0. The van der Waals surface area contributed by atoms with E-state index < -0.39 is 10.0 Å². The van der Waals surface area contributed by atoms with Gasteiger partial charge < -0.3 is 10.3 Å². The summed E-state index contributed by atoms with van der Waals surface area (Å²) in [4.78, 5) is 4.01. The van der Waals surface area contributed by atoms with Gasteiger partial charge in [-0.25, -0.2) is 13.1 Å². The summed E-state index contributed by atoms with van der Waals surface area (Å²) in [6.45, 7) is 2.32. The number of benzene rings is 1. The lowest BCUT2D eigenvalue weighted by molar-refractivity contribution is 0.375. The number of sulfonamides is 1. The third kappa shape index (κ3) is 4.92. The zero-order valence-corrected chi connectivity index (χ0v) is 12.6. The summed E-state index contributed by atoms with van der Waals surface area (Å²) in [5, 5.41) is 3.64. The first-order valence-corrected chi connectivity index (χ1v) is 8.18. The second-order valence-corrected chi connectivity index (χ2v) is 6.47. The zero-order valence-electron chi connectivity index (χ0n) is 11.7. The molecule has 21 heavy (non-hydrogen) atoms. The van der Waals surface area contributed by atoms with Crippen molar-refractivity contribution in [3.05, 3.63) is 47.1 Å². The Morgan fingerprint density at radius 1 is 1.33 bits per heavy atom. The summed E-state index contributed by atoms with van der Waals surface area (Å²) in [6, 6.07) is 7.22.